The van der Waals surface area contributed by atoms with Crippen LogP contribution in [0.1, 0.15) is 24.1 Å². The van der Waals surface area contributed by atoms with E-state index >= 15 is 0 Å². The third-order valence-corrected chi connectivity index (χ3v) is 4.90. The summed E-state index contributed by atoms with van der Waals surface area (Å²) in [5.74, 6) is -1.16. The lowest BCUT2D eigenvalue weighted by Crippen LogP contribution is -2.46. The molecule has 3 aromatic carbocycles. The Morgan fingerprint density at radius 1 is 0.903 bits per heavy atom. The predicted molar refractivity (Wildman–Crippen MR) is 118 cm³/mol. The van der Waals surface area contributed by atoms with Crippen LogP contribution in [0.15, 0.2) is 72.8 Å². The summed E-state index contributed by atoms with van der Waals surface area (Å²) in [7, 11) is 0. The normalized spacial score (nSPS) is 12.5. The van der Waals surface area contributed by atoms with Crippen molar-refractivity contribution in [3.63, 3.8) is 0 Å². The molecule has 0 fully saturated rings. The van der Waals surface area contributed by atoms with Crippen LogP contribution in [0.5, 0.6) is 0 Å². The van der Waals surface area contributed by atoms with Crippen molar-refractivity contribution in [3.05, 3.63) is 83.9 Å². The molecule has 2 atom stereocenters. The fraction of sp³-hybridized carbons (Fsp3) is 0.208. The van der Waals surface area contributed by atoms with E-state index in [-0.39, 0.29) is 12.5 Å². The summed E-state index contributed by atoms with van der Waals surface area (Å²) < 4.78 is 5.14. The number of urea groups is 1. The molecule has 7 heteroatoms. The first-order chi connectivity index (χ1) is 14.9. The summed E-state index contributed by atoms with van der Waals surface area (Å²) in [6.07, 6.45) is 0.205. The Morgan fingerprint density at radius 3 is 2.32 bits per heavy atom. The summed E-state index contributed by atoms with van der Waals surface area (Å²) in [6, 6.07) is 20.8. The van der Waals surface area contributed by atoms with E-state index in [1.54, 1.807) is 0 Å². The van der Waals surface area contributed by atoms with Gasteiger partial charge in [-0.15, -0.1) is 0 Å². The second-order valence-electron chi connectivity index (χ2n) is 7.22. The summed E-state index contributed by atoms with van der Waals surface area (Å²) >= 11 is 0. The van der Waals surface area contributed by atoms with E-state index in [1.165, 1.54) is 0 Å². The van der Waals surface area contributed by atoms with E-state index in [0.29, 0.717) is 0 Å². The summed E-state index contributed by atoms with van der Waals surface area (Å²) in [5, 5.41) is 7.34. The number of carbonyl (C=O) groups is 3. The van der Waals surface area contributed by atoms with Crippen LogP contribution in [0.25, 0.3) is 10.8 Å². The third kappa shape index (κ3) is 6.05. The molecule has 0 spiro atoms. The van der Waals surface area contributed by atoms with E-state index in [1.807, 2.05) is 79.7 Å². The molecular weight excluding hydrogens is 394 g/mol. The third-order valence-electron chi connectivity index (χ3n) is 4.90. The molecule has 3 rings (SSSR count). The molecule has 0 aliphatic rings. The van der Waals surface area contributed by atoms with Crippen LogP contribution in [0.3, 0.4) is 0 Å². The highest BCUT2D eigenvalue weighted by Gasteiger charge is 2.23. The van der Waals surface area contributed by atoms with Crippen molar-refractivity contribution < 1.29 is 19.1 Å². The Labute approximate surface area is 180 Å². The molecule has 0 aliphatic heterocycles. The lowest BCUT2D eigenvalue weighted by molar-refractivity contribution is -0.150. The fourth-order valence-electron chi connectivity index (χ4n) is 3.44. The minimum atomic E-state index is -0.983. The first kappa shape index (κ1) is 21.8. The van der Waals surface area contributed by atoms with Crippen molar-refractivity contribution >= 4 is 28.7 Å². The molecule has 3 aromatic rings. The van der Waals surface area contributed by atoms with Crippen molar-refractivity contribution in [1.29, 1.82) is 0 Å². The Balaban J connectivity index is 1.59. The summed E-state index contributed by atoms with van der Waals surface area (Å²) in [4.78, 5) is 36.1. The van der Waals surface area contributed by atoms with Gasteiger partial charge in [-0.2, -0.15) is 0 Å². The second kappa shape index (κ2) is 10.2. The molecular formula is C24H25N3O4. The number of rotatable bonds is 8. The minimum Gasteiger partial charge on any atom is -0.454 e. The molecule has 3 amide bonds. The maximum atomic E-state index is 12.4. The van der Waals surface area contributed by atoms with Gasteiger partial charge in [-0.1, -0.05) is 72.8 Å². The van der Waals surface area contributed by atoms with Gasteiger partial charge in [-0.05, 0) is 28.8 Å². The molecule has 0 saturated heterocycles. The van der Waals surface area contributed by atoms with Crippen LogP contribution in [0.4, 0.5) is 4.79 Å². The molecule has 0 aliphatic carbocycles. The van der Waals surface area contributed by atoms with Crippen molar-refractivity contribution in [2.24, 2.45) is 5.73 Å². The number of nitrogens with two attached hydrogens (primary N) is 1. The van der Waals surface area contributed by atoms with Gasteiger partial charge >= 0.3 is 12.0 Å². The van der Waals surface area contributed by atoms with Crippen LogP contribution in [-0.4, -0.2) is 30.6 Å². The Kier molecular flexibility index (Phi) is 7.22. The van der Waals surface area contributed by atoms with Gasteiger partial charge in [0.05, 0.1) is 6.04 Å². The number of esters is 1. The smallest absolute Gasteiger partial charge is 0.329 e. The van der Waals surface area contributed by atoms with Gasteiger partial charge in [-0.25, -0.2) is 9.59 Å². The van der Waals surface area contributed by atoms with Crippen LogP contribution in [-0.2, 0) is 20.7 Å². The number of ether oxygens (including phenoxy) is 1. The van der Waals surface area contributed by atoms with Crippen LogP contribution >= 0.6 is 0 Å². The van der Waals surface area contributed by atoms with E-state index < -0.39 is 30.6 Å². The molecule has 31 heavy (non-hydrogen) atoms. The highest BCUT2D eigenvalue weighted by Crippen LogP contribution is 2.23. The van der Waals surface area contributed by atoms with Crippen molar-refractivity contribution in [1.82, 2.24) is 10.6 Å². The molecule has 0 bridgehead atoms. The predicted octanol–water partition coefficient (Wildman–Crippen LogP) is 2.84. The van der Waals surface area contributed by atoms with Crippen molar-refractivity contribution in [2.75, 3.05) is 6.61 Å². The van der Waals surface area contributed by atoms with Gasteiger partial charge in [-0.3, -0.25) is 4.79 Å². The van der Waals surface area contributed by atoms with Gasteiger partial charge in [0.2, 0.25) is 0 Å². The topological polar surface area (TPSA) is 111 Å². The van der Waals surface area contributed by atoms with Gasteiger partial charge in [0.1, 0.15) is 6.04 Å². The zero-order valence-electron chi connectivity index (χ0n) is 17.2. The molecule has 0 saturated carbocycles. The van der Waals surface area contributed by atoms with E-state index in [4.69, 9.17) is 10.5 Å². The summed E-state index contributed by atoms with van der Waals surface area (Å²) in [6.45, 7) is 1.41. The number of carbonyl (C=O) groups excluding carboxylic acids is 3. The number of hydrogen-bond donors (Lipinski definition) is 3. The van der Waals surface area contributed by atoms with Crippen LogP contribution in [0.2, 0.25) is 0 Å². The lowest BCUT2D eigenvalue weighted by Gasteiger charge is -2.18. The average molecular weight is 419 g/mol. The number of primary amides is 1. The van der Waals surface area contributed by atoms with Crippen LogP contribution in [0, 0.1) is 0 Å². The molecule has 4 N–H and O–H groups in total. The van der Waals surface area contributed by atoms with E-state index in [0.717, 1.165) is 21.9 Å². The highest BCUT2D eigenvalue weighted by atomic mass is 16.5. The largest absolute Gasteiger partial charge is 0.454 e. The first-order valence-electron chi connectivity index (χ1n) is 9.97. The number of hydrogen-bond acceptors (Lipinski definition) is 4. The van der Waals surface area contributed by atoms with E-state index in [2.05, 4.69) is 10.6 Å². The SMILES string of the molecule is C[C@@H](NC(=O)COC(=O)[C@H](Cc1ccccc1)NC(N)=O)c1cccc2ccccc12. The average Bonchev–Trinajstić information content (AvgIpc) is 2.77. The highest BCUT2D eigenvalue weighted by molar-refractivity contribution is 5.88. The molecule has 0 unspecified atom stereocenters. The second-order valence-corrected chi connectivity index (χ2v) is 7.22. The molecule has 160 valence electrons. The molecule has 0 aromatic heterocycles. The van der Waals surface area contributed by atoms with Gasteiger partial charge in [0.25, 0.3) is 5.91 Å². The Morgan fingerprint density at radius 2 is 1.58 bits per heavy atom. The van der Waals surface area contributed by atoms with E-state index in [9.17, 15) is 14.4 Å². The molecule has 0 heterocycles. The minimum absolute atomic E-state index is 0.205. The van der Waals surface area contributed by atoms with Gasteiger partial charge < -0.3 is 21.1 Å². The quantitative estimate of drug-likeness (QED) is 0.488. The van der Waals surface area contributed by atoms with Gasteiger partial charge in [0.15, 0.2) is 6.61 Å². The van der Waals surface area contributed by atoms with Gasteiger partial charge in [0, 0.05) is 6.42 Å². The Hall–Kier alpha value is -3.87. The number of benzene rings is 3. The fourth-order valence-corrected chi connectivity index (χ4v) is 3.44. The van der Waals surface area contributed by atoms with Crippen molar-refractivity contribution in [3.8, 4) is 0 Å². The van der Waals surface area contributed by atoms with Crippen molar-refractivity contribution in [2.45, 2.75) is 25.4 Å². The molecule has 0 radical (unpaired) electrons. The zero-order valence-corrected chi connectivity index (χ0v) is 17.2. The first-order valence-corrected chi connectivity index (χ1v) is 9.97. The monoisotopic (exact) mass is 419 g/mol. The van der Waals surface area contributed by atoms with Crippen LogP contribution < -0.4 is 16.4 Å². The maximum absolute atomic E-state index is 12.4. The number of amides is 3. The Bertz CT molecular complexity index is 1060. The zero-order chi connectivity index (χ0) is 22.2. The summed E-state index contributed by atoms with van der Waals surface area (Å²) in [5.41, 5.74) is 6.97. The maximum Gasteiger partial charge on any atom is 0.329 e. The standard InChI is InChI=1S/C24H25N3O4/c1-16(19-13-7-11-18-10-5-6-12-20(18)19)26-22(28)15-31-23(29)21(27-24(25)30)14-17-8-3-2-4-9-17/h2-13,16,21H,14-15H2,1H3,(H,26,28)(H3,25,27,30)/t16-,21+/m1/s1. The number of nitrogens with one attached hydrogen (secondary N) is 2. The number of fused-ring (bicyclic) bond motifs is 1. The molecule has 7 nitrogen and oxygen atoms in total. The lowest BCUT2D eigenvalue weighted by atomic mass is 10.00.